The summed E-state index contributed by atoms with van der Waals surface area (Å²) in [6.07, 6.45) is 6.16. The van der Waals surface area contributed by atoms with Crippen LogP contribution in [0, 0.1) is 0 Å². The minimum Gasteiger partial charge on any atom is -0.481 e. The topological polar surface area (TPSA) is 94.8 Å². The Labute approximate surface area is 181 Å². The zero-order chi connectivity index (χ0) is 21.8. The third-order valence-electron chi connectivity index (χ3n) is 5.65. The standard InChI is InChI=1S/C23H28N6O2/c1-3-4-5-8-13-28-21-12-11-17(14-19(21)25-22(28)16(2)23(30)31)18-9-6-7-10-20(18)29-15-24-26-27-29/h6-7,9-12,14-16,26-27H,3-5,8,13H2,1-2H3,(H,30,31). The number of hydrazine groups is 2. The number of unbranched alkanes of at least 4 members (excludes halogenated alkanes) is 3. The first-order valence-corrected chi connectivity index (χ1v) is 10.8. The molecule has 2 heterocycles. The van der Waals surface area contributed by atoms with Crippen molar-refractivity contribution in [3.8, 4) is 11.1 Å². The molecule has 1 aliphatic rings. The van der Waals surface area contributed by atoms with Gasteiger partial charge in [0.05, 0.1) is 16.7 Å². The molecule has 2 aromatic carbocycles. The van der Waals surface area contributed by atoms with Crippen molar-refractivity contribution in [1.29, 1.82) is 0 Å². The number of aromatic nitrogens is 2. The summed E-state index contributed by atoms with van der Waals surface area (Å²) in [6.45, 7) is 4.66. The van der Waals surface area contributed by atoms with Crippen molar-refractivity contribution in [3.05, 3.63) is 48.3 Å². The Morgan fingerprint density at radius 1 is 1.16 bits per heavy atom. The van der Waals surface area contributed by atoms with Crippen LogP contribution in [0.3, 0.4) is 0 Å². The number of carbonyl (C=O) groups is 1. The summed E-state index contributed by atoms with van der Waals surface area (Å²) in [6, 6.07) is 14.2. The molecule has 8 heteroatoms. The average Bonchev–Trinajstić information content (AvgIpc) is 3.44. The maximum absolute atomic E-state index is 11.7. The Morgan fingerprint density at radius 2 is 2.00 bits per heavy atom. The molecule has 8 nitrogen and oxygen atoms in total. The van der Waals surface area contributed by atoms with Gasteiger partial charge >= 0.3 is 5.97 Å². The lowest BCUT2D eigenvalue weighted by Crippen LogP contribution is -2.37. The van der Waals surface area contributed by atoms with Crippen LogP contribution in [0.1, 0.15) is 51.3 Å². The van der Waals surface area contributed by atoms with Crippen molar-refractivity contribution >= 4 is 29.0 Å². The van der Waals surface area contributed by atoms with Gasteiger partial charge in [-0.3, -0.25) is 4.79 Å². The first-order valence-electron chi connectivity index (χ1n) is 10.8. The summed E-state index contributed by atoms with van der Waals surface area (Å²) in [5.74, 6) is -0.907. The number of para-hydroxylation sites is 1. The Hall–Kier alpha value is -3.39. The largest absolute Gasteiger partial charge is 0.481 e. The van der Waals surface area contributed by atoms with Crippen molar-refractivity contribution in [2.75, 3.05) is 5.01 Å². The van der Waals surface area contributed by atoms with Crippen LogP contribution in [-0.2, 0) is 11.3 Å². The summed E-state index contributed by atoms with van der Waals surface area (Å²) >= 11 is 0. The second kappa shape index (κ2) is 9.18. The second-order valence-electron chi connectivity index (χ2n) is 7.80. The van der Waals surface area contributed by atoms with E-state index in [9.17, 15) is 9.90 Å². The predicted octanol–water partition coefficient (Wildman–Crippen LogP) is 4.24. The number of imidazole rings is 1. The Balaban J connectivity index is 1.74. The molecule has 31 heavy (non-hydrogen) atoms. The van der Waals surface area contributed by atoms with Gasteiger partial charge in [-0.2, -0.15) is 5.10 Å². The quantitative estimate of drug-likeness (QED) is 0.448. The SMILES string of the molecule is CCCCCCn1c(C(C)C(=O)O)nc2cc(-c3ccccc3N3C=NNN3)ccc21. The van der Waals surface area contributed by atoms with E-state index in [2.05, 4.69) is 39.8 Å². The van der Waals surface area contributed by atoms with Crippen LogP contribution in [0.4, 0.5) is 5.69 Å². The van der Waals surface area contributed by atoms with E-state index in [0.717, 1.165) is 53.7 Å². The van der Waals surface area contributed by atoms with Gasteiger partial charge in [0, 0.05) is 12.1 Å². The van der Waals surface area contributed by atoms with Gasteiger partial charge in [0.15, 0.2) is 0 Å². The van der Waals surface area contributed by atoms with Gasteiger partial charge in [-0.15, -0.1) is 5.53 Å². The van der Waals surface area contributed by atoms with Crippen molar-refractivity contribution in [2.24, 2.45) is 5.10 Å². The Morgan fingerprint density at radius 3 is 2.74 bits per heavy atom. The highest BCUT2D eigenvalue weighted by Gasteiger charge is 2.23. The molecule has 0 fully saturated rings. The highest BCUT2D eigenvalue weighted by molar-refractivity contribution is 5.91. The predicted molar refractivity (Wildman–Crippen MR) is 123 cm³/mol. The van der Waals surface area contributed by atoms with Gasteiger partial charge in [-0.05, 0) is 37.1 Å². The van der Waals surface area contributed by atoms with Crippen molar-refractivity contribution in [3.63, 3.8) is 0 Å². The molecule has 3 aromatic rings. The monoisotopic (exact) mass is 420 g/mol. The molecule has 0 spiro atoms. The number of rotatable bonds is 9. The number of aliphatic carboxylic acids is 1. The number of fused-ring (bicyclic) bond motifs is 1. The van der Waals surface area contributed by atoms with Crippen LogP contribution in [0.15, 0.2) is 47.6 Å². The summed E-state index contributed by atoms with van der Waals surface area (Å²) in [7, 11) is 0. The zero-order valence-electron chi connectivity index (χ0n) is 17.9. The van der Waals surface area contributed by atoms with E-state index in [0.29, 0.717) is 5.82 Å². The molecule has 0 aliphatic carbocycles. The van der Waals surface area contributed by atoms with E-state index in [1.54, 1.807) is 13.3 Å². The second-order valence-corrected chi connectivity index (χ2v) is 7.80. The fourth-order valence-corrected chi connectivity index (χ4v) is 3.94. The molecule has 4 rings (SSSR count). The number of benzene rings is 2. The fourth-order valence-electron chi connectivity index (χ4n) is 3.94. The first-order chi connectivity index (χ1) is 15.1. The van der Waals surface area contributed by atoms with E-state index in [1.807, 2.05) is 35.3 Å². The molecule has 1 aromatic heterocycles. The molecule has 0 amide bonds. The lowest BCUT2D eigenvalue weighted by molar-refractivity contribution is -0.138. The van der Waals surface area contributed by atoms with Crippen LogP contribution in [0.2, 0.25) is 0 Å². The van der Waals surface area contributed by atoms with E-state index in [1.165, 1.54) is 6.42 Å². The van der Waals surface area contributed by atoms with Gasteiger partial charge in [0.25, 0.3) is 0 Å². The van der Waals surface area contributed by atoms with E-state index >= 15 is 0 Å². The van der Waals surface area contributed by atoms with Crippen LogP contribution in [-0.4, -0.2) is 27.0 Å². The van der Waals surface area contributed by atoms with Gasteiger partial charge in [0.1, 0.15) is 18.1 Å². The molecular weight excluding hydrogens is 392 g/mol. The number of aryl methyl sites for hydroxylation is 1. The van der Waals surface area contributed by atoms with E-state index < -0.39 is 11.9 Å². The van der Waals surface area contributed by atoms with Crippen LogP contribution in [0.5, 0.6) is 0 Å². The smallest absolute Gasteiger partial charge is 0.313 e. The van der Waals surface area contributed by atoms with Gasteiger partial charge in [-0.1, -0.05) is 50.5 Å². The lowest BCUT2D eigenvalue weighted by atomic mass is 10.0. The molecule has 3 N–H and O–H groups in total. The molecule has 0 saturated carbocycles. The highest BCUT2D eigenvalue weighted by atomic mass is 16.4. The third kappa shape index (κ3) is 4.25. The number of anilines is 1. The molecule has 0 radical (unpaired) electrons. The number of hydrogen-bond donors (Lipinski definition) is 3. The number of hydrazone groups is 1. The number of nitrogens with zero attached hydrogens (tertiary/aromatic N) is 4. The van der Waals surface area contributed by atoms with Gasteiger partial charge < -0.3 is 9.67 Å². The van der Waals surface area contributed by atoms with Gasteiger partial charge in [-0.25, -0.2) is 15.5 Å². The molecule has 1 atom stereocenters. The lowest BCUT2D eigenvalue weighted by Gasteiger charge is -2.18. The molecule has 0 saturated heterocycles. The van der Waals surface area contributed by atoms with Gasteiger partial charge in [0.2, 0.25) is 0 Å². The van der Waals surface area contributed by atoms with Crippen LogP contribution >= 0.6 is 0 Å². The maximum Gasteiger partial charge on any atom is 0.313 e. The first kappa shape index (κ1) is 20.9. The Kier molecular flexibility index (Phi) is 6.18. The highest BCUT2D eigenvalue weighted by Crippen LogP contribution is 2.33. The van der Waals surface area contributed by atoms with Crippen LogP contribution < -0.4 is 16.1 Å². The minimum absolute atomic E-state index is 0.613. The summed E-state index contributed by atoms with van der Waals surface area (Å²) in [5.41, 5.74) is 10.5. The Bertz CT molecular complexity index is 1110. The van der Waals surface area contributed by atoms with E-state index in [4.69, 9.17) is 4.98 Å². The number of carboxylic acid groups (broad SMARTS) is 1. The van der Waals surface area contributed by atoms with Crippen molar-refractivity contribution in [2.45, 2.75) is 52.0 Å². The van der Waals surface area contributed by atoms with Crippen LogP contribution in [0.25, 0.3) is 22.2 Å². The molecular formula is C23H28N6O2. The normalized spacial score (nSPS) is 14.2. The summed E-state index contributed by atoms with van der Waals surface area (Å²) in [4.78, 5) is 16.5. The summed E-state index contributed by atoms with van der Waals surface area (Å²) < 4.78 is 2.08. The molecule has 1 unspecified atom stereocenters. The zero-order valence-corrected chi connectivity index (χ0v) is 17.9. The summed E-state index contributed by atoms with van der Waals surface area (Å²) in [5, 5.41) is 15.4. The molecule has 0 bridgehead atoms. The van der Waals surface area contributed by atoms with Crippen molar-refractivity contribution < 1.29 is 9.90 Å². The number of carboxylic acids is 1. The maximum atomic E-state index is 11.7. The van der Waals surface area contributed by atoms with E-state index in [-0.39, 0.29) is 0 Å². The molecule has 162 valence electrons. The van der Waals surface area contributed by atoms with Crippen molar-refractivity contribution in [1.82, 2.24) is 20.6 Å². The average molecular weight is 421 g/mol. The number of nitrogens with one attached hydrogen (secondary N) is 2. The number of hydrogen-bond acceptors (Lipinski definition) is 6. The fraction of sp³-hybridized carbons (Fsp3) is 0.348. The minimum atomic E-state index is -0.859. The third-order valence-corrected chi connectivity index (χ3v) is 5.65. The molecule has 1 aliphatic heterocycles.